The number of halogens is 1. The summed E-state index contributed by atoms with van der Waals surface area (Å²) in [6, 6.07) is 15.7. The van der Waals surface area contributed by atoms with Crippen molar-refractivity contribution in [2.45, 2.75) is 51.4 Å². The summed E-state index contributed by atoms with van der Waals surface area (Å²) in [6.45, 7) is 5.81. The van der Waals surface area contributed by atoms with Gasteiger partial charge in [-0.1, -0.05) is 56.7 Å². The van der Waals surface area contributed by atoms with Gasteiger partial charge in [0.25, 0.3) is 5.91 Å². The van der Waals surface area contributed by atoms with E-state index in [0.29, 0.717) is 38.0 Å². The van der Waals surface area contributed by atoms with Crippen molar-refractivity contribution in [1.82, 2.24) is 15.1 Å². The van der Waals surface area contributed by atoms with E-state index in [0.717, 1.165) is 12.0 Å². The van der Waals surface area contributed by atoms with E-state index in [-0.39, 0.29) is 23.8 Å². The standard InChI is InChI=1S/C25H30FN3O2/c1-3-18(2)22-24(31)29(17-19-8-5-4-6-9-19)25(27-22)12-14-28(15-13-25)23(30)20-10-7-11-21(26)16-20/h4-11,16,18,22,27H,3,12-15,17H2,1-2H3/t18-,22+/m0/s1. The van der Waals surface area contributed by atoms with Gasteiger partial charge in [0.15, 0.2) is 0 Å². The molecular weight excluding hydrogens is 393 g/mol. The molecule has 0 saturated carbocycles. The number of amides is 2. The van der Waals surface area contributed by atoms with Crippen LogP contribution in [0.1, 0.15) is 49.0 Å². The Morgan fingerprint density at radius 3 is 2.52 bits per heavy atom. The van der Waals surface area contributed by atoms with Gasteiger partial charge in [-0.25, -0.2) is 4.39 Å². The van der Waals surface area contributed by atoms with Crippen LogP contribution in [0.25, 0.3) is 0 Å². The van der Waals surface area contributed by atoms with Crippen molar-refractivity contribution in [3.63, 3.8) is 0 Å². The molecule has 1 N–H and O–H groups in total. The number of hydrogen-bond donors (Lipinski definition) is 1. The topological polar surface area (TPSA) is 52.7 Å². The smallest absolute Gasteiger partial charge is 0.253 e. The summed E-state index contributed by atoms with van der Waals surface area (Å²) in [7, 11) is 0. The minimum absolute atomic E-state index is 0.142. The third-order valence-corrected chi connectivity index (χ3v) is 6.82. The minimum Gasteiger partial charge on any atom is -0.338 e. The quantitative estimate of drug-likeness (QED) is 0.796. The summed E-state index contributed by atoms with van der Waals surface area (Å²) in [4.78, 5) is 30.0. The lowest BCUT2D eigenvalue weighted by molar-refractivity contribution is -0.134. The molecule has 2 aliphatic rings. The molecule has 0 radical (unpaired) electrons. The van der Waals surface area contributed by atoms with Gasteiger partial charge in [0.05, 0.1) is 11.7 Å². The van der Waals surface area contributed by atoms with Crippen LogP contribution in [0.4, 0.5) is 4.39 Å². The second kappa shape index (κ2) is 8.79. The first kappa shape index (κ1) is 21.5. The highest BCUT2D eigenvalue weighted by Crippen LogP contribution is 2.36. The maximum atomic E-state index is 13.6. The number of nitrogens with zero attached hydrogens (tertiary/aromatic N) is 2. The monoisotopic (exact) mass is 423 g/mol. The fourth-order valence-corrected chi connectivity index (χ4v) is 4.72. The minimum atomic E-state index is -0.459. The molecule has 2 aliphatic heterocycles. The molecule has 2 aromatic carbocycles. The molecule has 2 fully saturated rings. The van der Waals surface area contributed by atoms with E-state index in [1.807, 2.05) is 35.2 Å². The van der Waals surface area contributed by atoms with E-state index >= 15 is 0 Å². The molecule has 6 heteroatoms. The number of hydrogen-bond acceptors (Lipinski definition) is 3. The number of carbonyl (C=O) groups is 2. The molecule has 31 heavy (non-hydrogen) atoms. The van der Waals surface area contributed by atoms with Crippen molar-refractivity contribution in [2.75, 3.05) is 13.1 Å². The Kier molecular flexibility index (Phi) is 6.10. The normalized spacial score (nSPS) is 21.5. The summed E-state index contributed by atoms with van der Waals surface area (Å²) in [6.07, 6.45) is 2.22. The van der Waals surface area contributed by atoms with Crippen LogP contribution >= 0.6 is 0 Å². The summed E-state index contributed by atoms with van der Waals surface area (Å²) >= 11 is 0. The van der Waals surface area contributed by atoms with E-state index < -0.39 is 11.5 Å². The SMILES string of the molecule is CC[C@H](C)[C@H]1NC2(CCN(C(=O)c3cccc(F)c3)CC2)N(Cc2ccccc2)C1=O. The van der Waals surface area contributed by atoms with Crippen LogP contribution in [-0.4, -0.2) is 46.4 Å². The maximum Gasteiger partial charge on any atom is 0.253 e. The lowest BCUT2D eigenvalue weighted by atomic mass is 9.94. The summed E-state index contributed by atoms with van der Waals surface area (Å²) in [5.74, 6) is -0.195. The Bertz CT molecular complexity index is 941. The Morgan fingerprint density at radius 1 is 1.16 bits per heavy atom. The largest absolute Gasteiger partial charge is 0.338 e. The first-order chi connectivity index (χ1) is 14.9. The van der Waals surface area contributed by atoms with E-state index in [4.69, 9.17) is 0 Å². The Morgan fingerprint density at radius 2 is 1.87 bits per heavy atom. The van der Waals surface area contributed by atoms with E-state index in [9.17, 15) is 14.0 Å². The van der Waals surface area contributed by atoms with Crippen molar-refractivity contribution in [1.29, 1.82) is 0 Å². The van der Waals surface area contributed by atoms with Gasteiger partial charge in [0.1, 0.15) is 5.82 Å². The third-order valence-electron chi connectivity index (χ3n) is 6.82. The van der Waals surface area contributed by atoms with Crippen molar-refractivity contribution < 1.29 is 14.0 Å². The van der Waals surface area contributed by atoms with Crippen LogP contribution in [0.5, 0.6) is 0 Å². The first-order valence-electron chi connectivity index (χ1n) is 11.1. The molecule has 2 saturated heterocycles. The molecule has 0 aromatic heterocycles. The van der Waals surface area contributed by atoms with Gasteiger partial charge in [-0.3, -0.25) is 14.9 Å². The van der Waals surface area contributed by atoms with Crippen LogP contribution < -0.4 is 5.32 Å². The zero-order chi connectivity index (χ0) is 22.0. The van der Waals surface area contributed by atoms with Gasteiger partial charge in [-0.05, 0) is 29.7 Å². The highest BCUT2D eigenvalue weighted by Gasteiger charge is 2.52. The molecule has 5 nitrogen and oxygen atoms in total. The van der Waals surface area contributed by atoms with E-state index in [2.05, 4.69) is 19.2 Å². The predicted octanol–water partition coefficient (Wildman–Crippen LogP) is 3.80. The molecule has 2 aromatic rings. The molecule has 1 spiro atoms. The number of carbonyl (C=O) groups excluding carboxylic acids is 2. The summed E-state index contributed by atoms with van der Waals surface area (Å²) in [5.41, 5.74) is 1.00. The van der Waals surface area contributed by atoms with E-state index in [1.54, 1.807) is 17.0 Å². The van der Waals surface area contributed by atoms with Gasteiger partial charge >= 0.3 is 0 Å². The molecule has 2 heterocycles. The van der Waals surface area contributed by atoms with Crippen molar-refractivity contribution in [3.8, 4) is 0 Å². The van der Waals surface area contributed by atoms with Crippen molar-refractivity contribution >= 4 is 11.8 Å². The molecule has 4 rings (SSSR count). The van der Waals surface area contributed by atoms with Crippen LogP contribution in [-0.2, 0) is 11.3 Å². The van der Waals surface area contributed by atoms with Crippen LogP contribution in [0.15, 0.2) is 54.6 Å². The highest BCUT2D eigenvalue weighted by atomic mass is 19.1. The van der Waals surface area contributed by atoms with Gasteiger partial charge in [0.2, 0.25) is 5.91 Å². The fraction of sp³-hybridized carbons (Fsp3) is 0.440. The second-order valence-electron chi connectivity index (χ2n) is 8.75. The van der Waals surface area contributed by atoms with Gasteiger partial charge < -0.3 is 9.80 Å². The average Bonchev–Trinajstić information content (AvgIpc) is 3.05. The Balaban J connectivity index is 1.54. The van der Waals surface area contributed by atoms with Crippen molar-refractivity contribution in [2.24, 2.45) is 5.92 Å². The van der Waals surface area contributed by atoms with Gasteiger partial charge in [-0.15, -0.1) is 0 Å². The first-order valence-corrected chi connectivity index (χ1v) is 11.1. The van der Waals surface area contributed by atoms with Crippen molar-refractivity contribution in [3.05, 3.63) is 71.5 Å². The maximum absolute atomic E-state index is 13.6. The Labute approximate surface area is 183 Å². The molecule has 2 amide bonds. The van der Waals surface area contributed by atoms with Crippen LogP contribution in [0.2, 0.25) is 0 Å². The number of nitrogens with one attached hydrogen (secondary N) is 1. The number of rotatable bonds is 5. The molecule has 0 unspecified atom stereocenters. The summed E-state index contributed by atoms with van der Waals surface area (Å²) < 4.78 is 13.6. The second-order valence-corrected chi connectivity index (χ2v) is 8.75. The molecular formula is C25H30FN3O2. The Hall–Kier alpha value is -2.73. The molecule has 0 bridgehead atoms. The van der Waals surface area contributed by atoms with Gasteiger partial charge in [-0.2, -0.15) is 0 Å². The summed E-state index contributed by atoms with van der Waals surface area (Å²) in [5, 5.41) is 3.66. The molecule has 0 aliphatic carbocycles. The number of benzene rings is 2. The number of likely N-dealkylation sites (tertiary alicyclic amines) is 1. The zero-order valence-electron chi connectivity index (χ0n) is 18.2. The zero-order valence-corrected chi connectivity index (χ0v) is 18.2. The lowest BCUT2D eigenvalue weighted by Crippen LogP contribution is -2.59. The average molecular weight is 424 g/mol. The van der Waals surface area contributed by atoms with E-state index in [1.165, 1.54) is 12.1 Å². The third kappa shape index (κ3) is 4.22. The highest BCUT2D eigenvalue weighted by molar-refractivity contribution is 5.94. The fourth-order valence-electron chi connectivity index (χ4n) is 4.72. The molecule has 164 valence electrons. The predicted molar refractivity (Wildman–Crippen MR) is 118 cm³/mol. The molecule has 2 atom stereocenters. The number of piperidine rings is 1. The van der Waals surface area contributed by atoms with Crippen LogP contribution in [0.3, 0.4) is 0 Å². The lowest BCUT2D eigenvalue weighted by Gasteiger charge is -2.45. The van der Waals surface area contributed by atoms with Crippen LogP contribution in [0, 0.1) is 11.7 Å². The van der Waals surface area contributed by atoms with Gasteiger partial charge in [0, 0.05) is 38.0 Å².